The van der Waals surface area contributed by atoms with E-state index in [2.05, 4.69) is 34.5 Å². The summed E-state index contributed by atoms with van der Waals surface area (Å²) in [4.78, 5) is 15.3. The molecule has 0 spiro atoms. The fourth-order valence-electron chi connectivity index (χ4n) is 3.75. The first kappa shape index (κ1) is 20.2. The predicted molar refractivity (Wildman–Crippen MR) is 111 cm³/mol. The van der Waals surface area contributed by atoms with Crippen molar-refractivity contribution >= 4 is 5.91 Å². The zero-order valence-corrected chi connectivity index (χ0v) is 16.8. The zero-order chi connectivity index (χ0) is 19.8. The molecule has 2 aromatic carbocycles. The molecule has 5 heteroatoms. The Bertz CT molecular complexity index is 735. The van der Waals surface area contributed by atoms with Gasteiger partial charge < -0.3 is 14.8 Å². The third-order valence-electron chi connectivity index (χ3n) is 5.33. The van der Waals surface area contributed by atoms with E-state index in [1.165, 1.54) is 24.8 Å². The van der Waals surface area contributed by atoms with E-state index in [-0.39, 0.29) is 5.91 Å². The second kappa shape index (κ2) is 10.1. The van der Waals surface area contributed by atoms with Gasteiger partial charge in [0.2, 0.25) is 0 Å². The van der Waals surface area contributed by atoms with Gasteiger partial charge in [0.05, 0.1) is 14.2 Å². The van der Waals surface area contributed by atoms with Gasteiger partial charge in [0.1, 0.15) is 11.5 Å². The highest BCUT2D eigenvalue weighted by molar-refractivity contribution is 5.95. The Morgan fingerprint density at radius 3 is 2.25 bits per heavy atom. The van der Waals surface area contributed by atoms with Crippen LogP contribution in [0.15, 0.2) is 48.5 Å². The number of hydrogen-bond donors (Lipinski definition) is 1. The number of carbonyl (C=O) groups excluding carboxylic acids is 1. The van der Waals surface area contributed by atoms with Crippen LogP contribution in [0.5, 0.6) is 11.5 Å². The van der Waals surface area contributed by atoms with Crippen molar-refractivity contribution in [2.24, 2.45) is 0 Å². The fraction of sp³-hybridized carbons (Fsp3) is 0.435. The summed E-state index contributed by atoms with van der Waals surface area (Å²) in [6, 6.07) is 16.0. The van der Waals surface area contributed by atoms with Crippen LogP contribution in [0.4, 0.5) is 0 Å². The number of nitrogens with zero attached hydrogens (tertiary/aromatic N) is 1. The molecule has 1 fully saturated rings. The van der Waals surface area contributed by atoms with Gasteiger partial charge in [-0.25, -0.2) is 0 Å². The predicted octanol–water partition coefficient (Wildman–Crippen LogP) is 3.53. The highest BCUT2D eigenvalue weighted by Gasteiger charge is 2.22. The average Bonchev–Trinajstić information content (AvgIpc) is 2.77. The summed E-state index contributed by atoms with van der Waals surface area (Å²) in [5.74, 6) is 1.12. The number of nitrogens with one attached hydrogen (secondary N) is 1. The number of likely N-dealkylation sites (tertiary alicyclic amines) is 1. The van der Waals surface area contributed by atoms with Crippen molar-refractivity contribution < 1.29 is 14.3 Å². The van der Waals surface area contributed by atoms with Gasteiger partial charge >= 0.3 is 0 Å². The molecule has 0 saturated carbocycles. The van der Waals surface area contributed by atoms with Gasteiger partial charge in [0.15, 0.2) is 0 Å². The highest BCUT2D eigenvalue weighted by Crippen LogP contribution is 2.22. The summed E-state index contributed by atoms with van der Waals surface area (Å²) in [7, 11) is 3.17. The van der Waals surface area contributed by atoms with E-state index in [4.69, 9.17) is 9.47 Å². The number of methoxy groups -OCH3 is 2. The van der Waals surface area contributed by atoms with E-state index in [1.54, 1.807) is 32.4 Å². The highest BCUT2D eigenvalue weighted by atomic mass is 16.5. The molecular weight excluding hydrogens is 352 g/mol. The van der Waals surface area contributed by atoms with Gasteiger partial charge in [-0.05, 0) is 50.0 Å². The molecule has 1 saturated heterocycles. The lowest BCUT2D eigenvalue weighted by Crippen LogP contribution is -2.47. The fourth-order valence-corrected chi connectivity index (χ4v) is 3.75. The van der Waals surface area contributed by atoms with E-state index < -0.39 is 0 Å². The lowest BCUT2D eigenvalue weighted by Gasteiger charge is -2.35. The van der Waals surface area contributed by atoms with Gasteiger partial charge in [-0.2, -0.15) is 0 Å². The second-order valence-electron chi connectivity index (χ2n) is 7.25. The number of carbonyl (C=O) groups is 1. The normalized spacial score (nSPS) is 15.6. The van der Waals surface area contributed by atoms with E-state index >= 15 is 0 Å². The van der Waals surface area contributed by atoms with Gasteiger partial charge in [0, 0.05) is 24.2 Å². The molecule has 28 heavy (non-hydrogen) atoms. The van der Waals surface area contributed by atoms with Gasteiger partial charge in [-0.15, -0.1) is 0 Å². The van der Waals surface area contributed by atoms with E-state index in [9.17, 15) is 4.79 Å². The Morgan fingerprint density at radius 2 is 1.64 bits per heavy atom. The third-order valence-corrected chi connectivity index (χ3v) is 5.33. The van der Waals surface area contributed by atoms with Gasteiger partial charge in [0.25, 0.3) is 5.91 Å². The Balaban J connectivity index is 1.69. The second-order valence-corrected chi connectivity index (χ2v) is 7.25. The van der Waals surface area contributed by atoms with Crippen LogP contribution in [0, 0.1) is 0 Å². The molecule has 0 aliphatic carbocycles. The first-order chi connectivity index (χ1) is 13.7. The van der Waals surface area contributed by atoms with Crippen molar-refractivity contribution in [1.82, 2.24) is 10.2 Å². The topological polar surface area (TPSA) is 50.8 Å². The standard InChI is InChI=1S/C23H30N2O3/c1-27-21-14-19(15-22(16-21)28-2)23(26)24-17-20(25-11-7-4-8-12-25)13-18-9-5-3-6-10-18/h3,5-6,9-10,14-16,20H,4,7-8,11-13,17H2,1-2H3,(H,24,26). The molecule has 1 heterocycles. The molecule has 3 rings (SSSR count). The zero-order valence-electron chi connectivity index (χ0n) is 16.8. The molecule has 0 aromatic heterocycles. The van der Waals surface area contributed by atoms with Crippen LogP contribution in [0.2, 0.25) is 0 Å². The van der Waals surface area contributed by atoms with E-state index in [0.717, 1.165) is 19.5 Å². The lowest BCUT2D eigenvalue weighted by molar-refractivity contribution is 0.0923. The molecule has 1 amide bonds. The summed E-state index contributed by atoms with van der Waals surface area (Å²) in [5, 5.41) is 3.13. The van der Waals surface area contributed by atoms with Crippen molar-refractivity contribution in [3.05, 3.63) is 59.7 Å². The quantitative estimate of drug-likeness (QED) is 0.759. The Morgan fingerprint density at radius 1 is 1.00 bits per heavy atom. The van der Waals surface area contributed by atoms with Gasteiger partial charge in [-0.3, -0.25) is 9.69 Å². The van der Waals surface area contributed by atoms with Crippen LogP contribution in [0.3, 0.4) is 0 Å². The number of amides is 1. The van der Waals surface area contributed by atoms with Gasteiger partial charge in [-0.1, -0.05) is 36.8 Å². The number of piperidine rings is 1. The lowest BCUT2D eigenvalue weighted by atomic mass is 10.0. The number of ether oxygens (including phenoxy) is 2. The maximum Gasteiger partial charge on any atom is 0.251 e. The van der Waals surface area contributed by atoms with E-state index in [1.807, 2.05) is 6.07 Å². The molecule has 1 atom stereocenters. The molecule has 150 valence electrons. The maximum atomic E-state index is 12.8. The van der Waals surface area contributed by atoms with Crippen LogP contribution >= 0.6 is 0 Å². The van der Waals surface area contributed by atoms with Crippen molar-refractivity contribution in [3.63, 3.8) is 0 Å². The SMILES string of the molecule is COc1cc(OC)cc(C(=O)NCC(Cc2ccccc2)N2CCCCC2)c1. The first-order valence-corrected chi connectivity index (χ1v) is 9.99. The summed E-state index contributed by atoms with van der Waals surface area (Å²) in [6.45, 7) is 2.81. The largest absolute Gasteiger partial charge is 0.497 e. The molecule has 0 radical (unpaired) electrons. The summed E-state index contributed by atoms with van der Waals surface area (Å²) in [5.41, 5.74) is 1.85. The van der Waals surface area contributed by atoms with E-state index in [0.29, 0.717) is 29.6 Å². The minimum absolute atomic E-state index is 0.104. The molecule has 0 bridgehead atoms. The first-order valence-electron chi connectivity index (χ1n) is 9.99. The molecular formula is C23H30N2O3. The van der Waals surface area contributed by atoms with Crippen LogP contribution in [0.25, 0.3) is 0 Å². The summed E-state index contributed by atoms with van der Waals surface area (Å²) in [6.07, 6.45) is 4.69. The molecule has 1 aliphatic heterocycles. The van der Waals surface area contributed by atoms with Crippen LogP contribution in [0.1, 0.15) is 35.2 Å². The molecule has 1 aliphatic rings. The van der Waals surface area contributed by atoms with Crippen LogP contribution < -0.4 is 14.8 Å². The van der Waals surface area contributed by atoms with Crippen LogP contribution in [-0.4, -0.2) is 50.7 Å². The monoisotopic (exact) mass is 382 g/mol. The maximum absolute atomic E-state index is 12.8. The number of rotatable bonds is 8. The number of benzene rings is 2. The minimum atomic E-state index is -0.104. The molecule has 1 unspecified atom stereocenters. The molecule has 2 aromatic rings. The summed E-state index contributed by atoms with van der Waals surface area (Å²) < 4.78 is 10.6. The molecule has 1 N–H and O–H groups in total. The van der Waals surface area contributed by atoms with Crippen molar-refractivity contribution in [2.75, 3.05) is 33.9 Å². The Kier molecular flexibility index (Phi) is 7.31. The molecule has 5 nitrogen and oxygen atoms in total. The Labute approximate surface area is 167 Å². The number of hydrogen-bond acceptors (Lipinski definition) is 4. The van der Waals surface area contributed by atoms with Crippen molar-refractivity contribution in [3.8, 4) is 11.5 Å². The van der Waals surface area contributed by atoms with Crippen molar-refractivity contribution in [2.45, 2.75) is 31.7 Å². The smallest absolute Gasteiger partial charge is 0.251 e. The van der Waals surface area contributed by atoms with Crippen LogP contribution in [-0.2, 0) is 6.42 Å². The minimum Gasteiger partial charge on any atom is -0.497 e. The van der Waals surface area contributed by atoms with Crippen molar-refractivity contribution in [1.29, 1.82) is 0 Å². The Hall–Kier alpha value is -2.53. The summed E-state index contributed by atoms with van der Waals surface area (Å²) >= 11 is 0. The third kappa shape index (κ3) is 5.49. The average molecular weight is 383 g/mol.